The number of hydrogen-bond acceptors (Lipinski definition) is 7. The van der Waals surface area contributed by atoms with E-state index >= 15 is 0 Å². The summed E-state index contributed by atoms with van der Waals surface area (Å²) in [7, 11) is 0. The van der Waals surface area contributed by atoms with Gasteiger partial charge in [-0.2, -0.15) is 13.2 Å². The summed E-state index contributed by atoms with van der Waals surface area (Å²) in [5, 5.41) is 8.56. The van der Waals surface area contributed by atoms with E-state index in [9.17, 15) is 18.0 Å². The van der Waals surface area contributed by atoms with Gasteiger partial charge in [-0.05, 0) is 57.2 Å². The van der Waals surface area contributed by atoms with E-state index in [2.05, 4.69) is 30.9 Å². The highest BCUT2D eigenvalue weighted by molar-refractivity contribution is 5.68. The van der Waals surface area contributed by atoms with Gasteiger partial charge in [0, 0.05) is 31.0 Å². The molecule has 180 valence electrons. The highest BCUT2D eigenvalue weighted by Gasteiger charge is 2.30. The predicted octanol–water partition coefficient (Wildman–Crippen LogP) is 5.24. The monoisotopic (exact) mass is 474 g/mol. The first-order chi connectivity index (χ1) is 16.0. The normalized spacial score (nSPS) is 11.6. The molecule has 0 atom stereocenters. The first-order valence-electron chi connectivity index (χ1n) is 10.4. The molecule has 0 spiro atoms. The Bertz CT molecular complexity index is 1130. The van der Waals surface area contributed by atoms with Crippen molar-refractivity contribution in [2.75, 3.05) is 23.7 Å². The summed E-state index contributed by atoms with van der Waals surface area (Å²) in [4.78, 5) is 24.3. The number of ether oxygens (including phenoxy) is 1. The van der Waals surface area contributed by atoms with Gasteiger partial charge in [-0.1, -0.05) is 6.07 Å². The molecular weight excluding hydrogens is 449 g/mol. The minimum Gasteiger partial charge on any atom is -0.444 e. The van der Waals surface area contributed by atoms with Crippen LogP contribution < -0.4 is 16.0 Å². The first kappa shape index (κ1) is 24.7. The topological polar surface area (TPSA) is 101 Å². The van der Waals surface area contributed by atoms with Crippen LogP contribution in [0.15, 0.2) is 54.9 Å². The van der Waals surface area contributed by atoms with Crippen LogP contribution in [0.25, 0.3) is 11.3 Å². The highest BCUT2D eigenvalue weighted by Crippen LogP contribution is 2.30. The zero-order valence-corrected chi connectivity index (χ0v) is 18.9. The largest absolute Gasteiger partial charge is 0.444 e. The van der Waals surface area contributed by atoms with Gasteiger partial charge in [-0.15, -0.1) is 0 Å². The predicted molar refractivity (Wildman–Crippen MR) is 123 cm³/mol. The Hall–Kier alpha value is -3.89. The maximum atomic E-state index is 12.9. The summed E-state index contributed by atoms with van der Waals surface area (Å²) in [6, 6.07) is 10.5. The van der Waals surface area contributed by atoms with Crippen LogP contribution in [0.1, 0.15) is 26.3 Å². The molecule has 0 aliphatic heterocycles. The number of carbonyl (C=O) groups excluding carboxylic acids is 1. The summed E-state index contributed by atoms with van der Waals surface area (Å²) in [6.45, 7) is 6.12. The molecule has 0 saturated heterocycles. The van der Waals surface area contributed by atoms with Crippen molar-refractivity contribution in [2.24, 2.45) is 0 Å². The Morgan fingerprint density at radius 2 is 1.68 bits per heavy atom. The molecule has 0 aliphatic carbocycles. The minimum atomic E-state index is -4.46. The molecule has 0 aromatic carbocycles. The number of aromatic nitrogens is 3. The van der Waals surface area contributed by atoms with Crippen LogP contribution in [0.5, 0.6) is 0 Å². The molecule has 0 radical (unpaired) electrons. The van der Waals surface area contributed by atoms with Crippen molar-refractivity contribution in [3.05, 3.63) is 60.4 Å². The number of rotatable bonds is 7. The smallest absolute Gasteiger partial charge is 0.416 e. The number of anilines is 3. The Morgan fingerprint density at radius 1 is 0.941 bits per heavy atom. The van der Waals surface area contributed by atoms with Gasteiger partial charge in [-0.25, -0.2) is 19.7 Å². The molecule has 0 fully saturated rings. The van der Waals surface area contributed by atoms with Gasteiger partial charge in [0.15, 0.2) is 0 Å². The molecule has 3 rings (SSSR count). The Labute approximate surface area is 195 Å². The fourth-order valence-electron chi connectivity index (χ4n) is 2.83. The lowest BCUT2D eigenvalue weighted by Crippen LogP contribution is -2.35. The van der Waals surface area contributed by atoms with E-state index in [0.717, 1.165) is 23.9 Å². The summed E-state index contributed by atoms with van der Waals surface area (Å²) in [6.07, 6.45) is -2.26. The molecule has 8 nitrogen and oxygen atoms in total. The lowest BCUT2D eigenvalue weighted by Gasteiger charge is -2.19. The Balaban J connectivity index is 1.62. The van der Waals surface area contributed by atoms with E-state index in [1.54, 1.807) is 57.3 Å². The van der Waals surface area contributed by atoms with E-state index in [1.807, 2.05) is 0 Å². The van der Waals surface area contributed by atoms with Crippen molar-refractivity contribution in [2.45, 2.75) is 32.5 Å². The van der Waals surface area contributed by atoms with Gasteiger partial charge in [0.2, 0.25) is 0 Å². The molecule has 0 aliphatic rings. The molecule has 3 aromatic rings. The second-order valence-corrected chi connectivity index (χ2v) is 8.25. The summed E-state index contributed by atoms with van der Waals surface area (Å²) >= 11 is 0. The van der Waals surface area contributed by atoms with Crippen LogP contribution >= 0.6 is 0 Å². The van der Waals surface area contributed by atoms with Crippen LogP contribution in [0.2, 0.25) is 0 Å². The fraction of sp³-hybridized carbons (Fsp3) is 0.304. The average molecular weight is 474 g/mol. The summed E-state index contributed by atoms with van der Waals surface area (Å²) < 4.78 is 44.0. The number of carbonyl (C=O) groups is 1. The molecule has 3 N–H and O–H groups in total. The molecule has 3 aromatic heterocycles. The van der Waals surface area contributed by atoms with Crippen molar-refractivity contribution in [1.29, 1.82) is 0 Å². The SMILES string of the molecule is CC(C)(C)OC(=O)NCCNc1cc(-c2cccc(Nc3cc(C(F)(F)F)ccn3)n2)ccn1. The summed E-state index contributed by atoms with van der Waals surface area (Å²) in [5.74, 6) is 0.953. The van der Waals surface area contributed by atoms with Crippen LogP contribution in [0.3, 0.4) is 0 Å². The third-order valence-corrected chi connectivity index (χ3v) is 4.25. The molecule has 0 unspecified atom stereocenters. The van der Waals surface area contributed by atoms with Crippen molar-refractivity contribution in [1.82, 2.24) is 20.3 Å². The van der Waals surface area contributed by atoms with Crippen molar-refractivity contribution < 1.29 is 22.7 Å². The standard InChI is InChI=1S/C23H25F3N6O2/c1-22(2,3)34-21(33)30-12-11-29-19-13-15(7-9-27-19)17-5-4-6-18(31-17)32-20-14-16(8-10-28-20)23(24,25)26/h4-10,13-14H,11-12H2,1-3H3,(H,27,29)(H,30,33)(H,28,31,32). The van der Waals surface area contributed by atoms with Gasteiger partial charge >= 0.3 is 12.3 Å². The lowest BCUT2D eigenvalue weighted by molar-refractivity contribution is -0.137. The average Bonchev–Trinajstić information content (AvgIpc) is 2.76. The number of hydrogen-bond donors (Lipinski definition) is 3. The van der Waals surface area contributed by atoms with Gasteiger partial charge < -0.3 is 20.7 Å². The molecule has 0 saturated carbocycles. The van der Waals surface area contributed by atoms with Gasteiger partial charge in [0.1, 0.15) is 23.1 Å². The minimum absolute atomic E-state index is 0.0362. The van der Waals surface area contributed by atoms with E-state index < -0.39 is 23.4 Å². The van der Waals surface area contributed by atoms with E-state index in [1.165, 1.54) is 0 Å². The lowest BCUT2D eigenvalue weighted by atomic mass is 10.1. The number of amides is 1. The molecular formula is C23H25F3N6O2. The maximum Gasteiger partial charge on any atom is 0.416 e. The second-order valence-electron chi connectivity index (χ2n) is 8.25. The van der Waals surface area contributed by atoms with Gasteiger partial charge in [0.05, 0.1) is 11.3 Å². The summed E-state index contributed by atoms with van der Waals surface area (Å²) in [5.41, 5.74) is -0.0271. The van der Waals surface area contributed by atoms with Crippen LogP contribution in [-0.4, -0.2) is 39.7 Å². The highest BCUT2D eigenvalue weighted by atomic mass is 19.4. The zero-order chi connectivity index (χ0) is 24.8. The number of nitrogens with zero attached hydrogens (tertiary/aromatic N) is 3. The van der Waals surface area contributed by atoms with E-state index in [-0.39, 0.29) is 5.82 Å². The second kappa shape index (κ2) is 10.4. The quantitative estimate of drug-likeness (QED) is 0.403. The molecule has 3 heterocycles. The third kappa shape index (κ3) is 7.61. The molecule has 11 heteroatoms. The molecule has 0 bridgehead atoms. The third-order valence-electron chi connectivity index (χ3n) is 4.25. The van der Waals surface area contributed by atoms with Crippen LogP contribution in [0, 0.1) is 0 Å². The molecule has 1 amide bonds. The Kier molecular flexibility index (Phi) is 7.54. The number of nitrogens with one attached hydrogen (secondary N) is 3. The van der Waals surface area contributed by atoms with Crippen molar-refractivity contribution in [3.8, 4) is 11.3 Å². The first-order valence-corrected chi connectivity index (χ1v) is 10.4. The maximum absolute atomic E-state index is 12.9. The Morgan fingerprint density at radius 3 is 2.41 bits per heavy atom. The van der Waals surface area contributed by atoms with E-state index in [0.29, 0.717) is 30.4 Å². The van der Waals surface area contributed by atoms with Crippen molar-refractivity contribution >= 4 is 23.5 Å². The van der Waals surface area contributed by atoms with Gasteiger partial charge in [0.25, 0.3) is 0 Å². The van der Waals surface area contributed by atoms with Crippen LogP contribution in [-0.2, 0) is 10.9 Å². The van der Waals surface area contributed by atoms with Crippen LogP contribution in [0.4, 0.5) is 35.4 Å². The number of alkyl halides is 3. The number of pyridine rings is 3. The molecule has 34 heavy (non-hydrogen) atoms. The fourth-order valence-corrected chi connectivity index (χ4v) is 2.83. The zero-order valence-electron chi connectivity index (χ0n) is 18.9. The van der Waals surface area contributed by atoms with Gasteiger partial charge in [-0.3, -0.25) is 0 Å². The van der Waals surface area contributed by atoms with Crippen molar-refractivity contribution in [3.63, 3.8) is 0 Å². The number of halogens is 3. The number of alkyl carbamates (subject to hydrolysis) is 1. The van der Waals surface area contributed by atoms with E-state index in [4.69, 9.17) is 4.74 Å².